The Balaban J connectivity index is 1.90. The van der Waals surface area contributed by atoms with Gasteiger partial charge in [0.25, 0.3) is 0 Å². The summed E-state index contributed by atoms with van der Waals surface area (Å²) >= 11 is 0. The molecule has 0 amide bonds. The zero-order chi connectivity index (χ0) is 20.8. The van der Waals surface area contributed by atoms with Gasteiger partial charge in [-0.25, -0.2) is 0 Å². The normalized spacial score (nSPS) is 17.4. The lowest BCUT2D eigenvalue weighted by Crippen LogP contribution is -2.13. The molecule has 0 N–H and O–H groups in total. The molecule has 2 aromatic carbocycles. The first-order chi connectivity index (χ1) is 13.9. The van der Waals surface area contributed by atoms with Gasteiger partial charge in [0.05, 0.1) is 0 Å². The fourth-order valence-electron chi connectivity index (χ4n) is 3.16. The molecule has 0 heterocycles. The molecule has 152 valence electrons. The van der Waals surface area contributed by atoms with Gasteiger partial charge in [-0.05, 0) is 43.5 Å². The molecule has 2 aromatic rings. The van der Waals surface area contributed by atoms with Crippen molar-refractivity contribution < 1.29 is 31.8 Å². The van der Waals surface area contributed by atoms with Gasteiger partial charge in [0.2, 0.25) is 0 Å². The summed E-state index contributed by atoms with van der Waals surface area (Å²) < 4.78 is 59.4. The number of ketones is 1. The largest absolute Gasteiger partial charge is 0.434 e. The minimum absolute atomic E-state index is 0.0189. The van der Waals surface area contributed by atoms with Gasteiger partial charge in [0.1, 0.15) is 11.5 Å². The topological polar surface area (TPSA) is 35.5 Å². The van der Waals surface area contributed by atoms with Crippen LogP contribution in [-0.2, 0) is 4.79 Å². The quantitative estimate of drug-likeness (QED) is 0.429. The summed E-state index contributed by atoms with van der Waals surface area (Å²) in [6.45, 7) is -5.95. The minimum Gasteiger partial charge on any atom is -0.434 e. The van der Waals surface area contributed by atoms with E-state index >= 15 is 0 Å². The van der Waals surface area contributed by atoms with Crippen molar-refractivity contribution in [3.05, 3.63) is 70.8 Å². The molecule has 0 unspecified atom stereocenters. The van der Waals surface area contributed by atoms with Crippen molar-refractivity contribution in [2.75, 3.05) is 0 Å². The number of ether oxygens (including phenoxy) is 2. The number of alkyl halides is 4. The molecule has 1 aliphatic rings. The van der Waals surface area contributed by atoms with Crippen molar-refractivity contribution in [2.24, 2.45) is 0 Å². The van der Waals surface area contributed by atoms with Gasteiger partial charge < -0.3 is 9.47 Å². The number of halogens is 4. The number of para-hydroxylation sites is 2. The predicted molar refractivity (Wildman–Crippen MR) is 101 cm³/mol. The van der Waals surface area contributed by atoms with Crippen LogP contribution >= 0.6 is 0 Å². The summed E-state index contributed by atoms with van der Waals surface area (Å²) in [7, 11) is 0. The summed E-state index contributed by atoms with van der Waals surface area (Å²) in [6, 6.07) is 12.4. The smallest absolute Gasteiger partial charge is 0.387 e. The maximum Gasteiger partial charge on any atom is 0.387 e. The Morgan fingerprint density at radius 3 is 1.55 bits per heavy atom. The summed E-state index contributed by atoms with van der Waals surface area (Å²) in [6.07, 6.45) is 4.70. The summed E-state index contributed by atoms with van der Waals surface area (Å²) in [5, 5.41) is 0. The van der Waals surface area contributed by atoms with Crippen molar-refractivity contribution in [2.45, 2.75) is 32.5 Å². The molecule has 1 fully saturated rings. The molecule has 0 aromatic heterocycles. The van der Waals surface area contributed by atoms with E-state index in [4.69, 9.17) is 0 Å². The highest BCUT2D eigenvalue weighted by atomic mass is 19.3. The lowest BCUT2D eigenvalue weighted by atomic mass is 9.86. The van der Waals surface area contributed by atoms with E-state index in [0.717, 1.165) is 0 Å². The fraction of sp³-hybridized carbons (Fsp3) is 0.227. The highest BCUT2D eigenvalue weighted by Gasteiger charge is 2.22. The maximum atomic E-state index is 12.9. The SMILES string of the molecule is O=C1/C(=C\c2ccccc2OC(F)F)CCC/C1=C\c1ccccc1OC(F)F. The molecule has 3 rings (SSSR count). The molecular formula is C22H18F4O3. The number of hydrogen-bond donors (Lipinski definition) is 0. The third kappa shape index (κ3) is 5.47. The Kier molecular flexibility index (Phi) is 6.69. The summed E-state index contributed by atoms with van der Waals surface area (Å²) in [4.78, 5) is 12.9. The fourth-order valence-corrected chi connectivity index (χ4v) is 3.16. The van der Waals surface area contributed by atoms with Crippen LogP contribution in [0.1, 0.15) is 30.4 Å². The second kappa shape index (κ2) is 9.41. The first-order valence-corrected chi connectivity index (χ1v) is 8.97. The van der Waals surface area contributed by atoms with Gasteiger partial charge in [-0.3, -0.25) is 4.79 Å². The molecular weight excluding hydrogens is 388 g/mol. The number of Topliss-reactive ketones (excluding diaryl/α,β-unsaturated/α-hetero) is 1. The van der Waals surface area contributed by atoms with Crippen molar-refractivity contribution in [3.8, 4) is 11.5 Å². The van der Waals surface area contributed by atoms with Crippen LogP contribution in [0, 0.1) is 0 Å². The number of rotatable bonds is 6. The number of benzene rings is 2. The van der Waals surface area contributed by atoms with Crippen molar-refractivity contribution in [3.63, 3.8) is 0 Å². The number of hydrogen-bond acceptors (Lipinski definition) is 3. The molecule has 0 atom stereocenters. The number of carbonyl (C=O) groups excluding carboxylic acids is 1. The molecule has 0 radical (unpaired) electrons. The minimum atomic E-state index is -2.97. The van der Waals surface area contributed by atoms with E-state index < -0.39 is 13.2 Å². The summed E-state index contributed by atoms with van der Waals surface area (Å²) in [5.41, 5.74) is 1.64. The van der Waals surface area contributed by atoms with Crippen LogP contribution in [0.3, 0.4) is 0 Å². The molecule has 1 saturated carbocycles. The van der Waals surface area contributed by atoms with E-state index in [0.29, 0.717) is 41.5 Å². The van der Waals surface area contributed by atoms with E-state index in [1.54, 1.807) is 36.4 Å². The van der Waals surface area contributed by atoms with E-state index in [9.17, 15) is 22.4 Å². The lowest BCUT2D eigenvalue weighted by molar-refractivity contribution is -0.112. The van der Waals surface area contributed by atoms with Crippen molar-refractivity contribution in [1.29, 1.82) is 0 Å². The second-order valence-corrected chi connectivity index (χ2v) is 6.35. The molecule has 0 saturated heterocycles. The first kappa shape index (κ1) is 20.6. The van der Waals surface area contributed by atoms with Gasteiger partial charge in [-0.15, -0.1) is 0 Å². The molecule has 29 heavy (non-hydrogen) atoms. The average molecular weight is 406 g/mol. The Bertz CT molecular complexity index is 862. The molecule has 0 spiro atoms. The molecule has 7 heteroatoms. The van der Waals surface area contributed by atoms with Crippen molar-refractivity contribution in [1.82, 2.24) is 0 Å². The van der Waals surface area contributed by atoms with Crippen LogP contribution in [0.5, 0.6) is 11.5 Å². The zero-order valence-corrected chi connectivity index (χ0v) is 15.3. The molecule has 1 aliphatic carbocycles. The van der Waals surface area contributed by atoms with Gasteiger partial charge >= 0.3 is 13.2 Å². The van der Waals surface area contributed by atoms with Gasteiger partial charge in [0, 0.05) is 22.3 Å². The molecule has 3 nitrogen and oxygen atoms in total. The van der Waals surface area contributed by atoms with Crippen LogP contribution in [0.4, 0.5) is 17.6 Å². The lowest BCUT2D eigenvalue weighted by Gasteiger charge is -2.18. The third-order valence-corrected chi connectivity index (χ3v) is 4.41. The first-order valence-electron chi connectivity index (χ1n) is 8.97. The highest BCUT2D eigenvalue weighted by Crippen LogP contribution is 2.32. The van der Waals surface area contributed by atoms with Crippen molar-refractivity contribution >= 4 is 17.9 Å². The van der Waals surface area contributed by atoms with E-state index in [1.807, 2.05) is 0 Å². The van der Waals surface area contributed by atoms with E-state index in [-0.39, 0.29) is 17.3 Å². The second-order valence-electron chi connectivity index (χ2n) is 6.35. The Morgan fingerprint density at radius 1 is 0.724 bits per heavy atom. The molecule has 0 aliphatic heterocycles. The van der Waals surface area contributed by atoms with Crippen LogP contribution in [0.15, 0.2) is 59.7 Å². The highest BCUT2D eigenvalue weighted by molar-refractivity contribution is 6.14. The average Bonchev–Trinajstić information content (AvgIpc) is 2.67. The van der Waals surface area contributed by atoms with Gasteiger partial charge in [-0.1, -0.05) is 36.4 Å². The Morgan fingerprint density at radius 2 is 1.14 bits per heavy atom. The number of allylic oxidation sites excluding steroid dienone is 2. The van der Waals surface area contributed by atoms with Crippen LogP contribution in [0.2, 0.25) is 0 Å². The zero-order valence-electron chi connectivity index (χ0n) is 15.3. The standard InChI is InChI=1S/C22H18F4O3/c23-21(24)28-18-10-3-1-6-14(18)12-16-8-5-9-17(20(16)27)13-15-7-2-4-11-19(15)29-22(25)26/h1-4,6-7,10-13,21-22H,5,8-9H2/b16-12-,17-13+. The van der Waals surface area contributed by atoms with Gasteiger partial charge in [0.15, 0.2) is 5.78 Å². The number of carbonyl (C=O) groups is 1. The van der Waals surface area contributed by atoms with Crippen LogP contribution in [0.25, 0.3) is 12.2 Å². The summed E-state index contributed by atoms with van der Waals surface area (Å²) in [5.74, 6) is -0.292. The van der Waals surface area contributed by atoms with Gasteiger partial charge in [-0.2, -0.15) is 17.6 Å². The monoisotopic (exact) mass is 406 g/mol. The predicted octanol–water partition coefficient (Wildman–Crippen LogP) is 6.11. The van der Waals surface area contributed by atoms with E-state index in [1.165, 1.54) is 24.3 Å². The van der Waals surface area contributed by atoms with E-state index in [2.05, 4.69) is 9.47 Å². The van der Waals surface area contributed by atoms with Crippen LogP contribution < -0.4 is 9.47 Å². The van der Waals surface area contributed by atoms with Crippen LogP contribution in [-0.4, -0.2) is 19.0 Å². The molecule has 0 bridgehead atoms. The maximum absolute atomic E-state index is 12.9. The Labute approximate surface area is 165 Å². The Hall–Kier alpha value is -3.09. The third-order valence-electron chi connectivity index (χ3n) is 4.41.